The van der Waals surface area contributed by atoms with E-state index < -0.39 is 0 Å². The summed E-state index contributed by atoms with van der Waals surface area (Å²) in [5.41, 5.74) is 2.03. The lowest BCUT2D eigenvalue weighted by molar-refractivity contribution is 0.526. The second-order valence-electron chi connectivity index (χ2n) is 4.52. The van der Waals surface area contributed by atoms with Crippen molar-refractivity contribution in [1.29, 1.82) is 0 Å². The number of nitrogens with zero attached hydrogens (tertiary/aromatic N) is 1. The van der Waals surface area contributed by atoms with E-state index in [0.29, 0.717) is 16.1 Å². The summed E-state index contributed by atoms with van der Waals surface area (Å²) in [7, 11) is 0. The molecule has 1 aliphatic rings. The first-order valence-corrected chi connectivity index (χ1v) is 6.92. The van der Waals surface area contributed by atoms with E-state index in [9.17, 15) is 0 Å². The highest BCUT2D eigenvalue weighted by atomic mass is 35.5. The molecule has 17 heavy (non-hydrogen) atoms. The van der Waals surface area contributed by atoms with Gasteiger partial charge in [-0.05, 0) is 37.2 Å². The van der Waals surface area contributed by atoms with Gasteiger partial charge in [-0.1, -0.05) is 36.0 Å². The molecule has 1 aliphatic carbocycles. The van der Waals surface area contributed by atoms with Gasteiger partial charge in [-0.2, -0.15) is 0 Å². The van der Waals surface area contributed by atoms with E-state index in [1.165, 1.54) is 25.7 Å². The minimum atomic E-state index is 0.508. The van der Waals surface area contributed by atoms with Crippen LogP contribution in [-0.2, 0) is 0 Å². The van der Waals surface area contributed by atoms with E-state index in [4.69, 9.17) is 35.4 Å². The number of imidazole rings is 1. The molecule has 2 aromatic rings. The van der Waals surface area contributed by atoms with Gasteiger partial charge in [0.1, 0.15) is 0 Å². The molecule has 5 heteroatoms. The molecule has 90 valence electrons. The van der Waals surface area contributed by atoms with E-state index in [2.05, 4.69) is 9.55 Å². The molecule has 0 aliphatic heterocycles. The molecule has 1 fully saturated rings. The molecular formula is C12H12Cl2N2S. The van der Waals surface area contributed by atoms with E-state index in [0.717, 1.165) is 15.8 Å². The average Bonchev–Trinajstić information content (AvgIpc) is 2.86. The number of benzene rings is 1. The summed E-state index contributed by atoms with van der Waals surface area (Å²) in [5.74, 6) is 0. The highest BCUT2D eigenvalue weighted by Crippen LogP contribution is 2.35. The maximum Gasteiger partial charge on any atom is 0.178 e. The van der Waals surface area contributed by atoms with Gasteiger partial charge in [-0.15, -0.1) is 0 Å². The van der Waals surface area contributed by atoms with Crippen molar-refractivity contribution < 1.29 is 0 Å². The molecule has 0 amide bonds. The Hall–Kier alpha value is -0.510. The molecule has 3 rings (SSSR count). The normalized spacial score (nSPS) is 17.1. The van der Waals surface area contributed by atoms with Crippen LogP contribution in [0.2, 0.25) is 10.0 Å². The van der Waals surface area contributed by atoms with Crippen molar-refractivity contribution in [3.8, 4) is 0 Å². The third-order valence-electron chi connectivity index (χ3n) is 3.45. The van der Waals surface area contributed by atoms with Gasteiger partial charge in [-0.25, -0.2) is 0 Å². The number of halogens is 2. The molecule has 1 aromatic heterocycles. The molecule has 2 nitrogen and oxygen atoms in total. The van der Waals surface area contributed by atoms with E-state index >= 15 is 0 Å². The van der Waals surface area contributed by atoms with Crippen molar-refractivity contribution in [1.82, 2.24) is 9.55 Å². The first-order valence-electron chi connectivity index (χ1n) is 5.76. The van der Waals surface area contributed by atoms with Gasteiger partial charge in [0.2, 0.25) is 0 Å². The molecule has 0 unspecified atom stereocenters. The molecule has 0 radical (unpaired) electrons. The van der Waals surface area contributed by atoms with Crippen LogP contribution in [0.4, 0.5) is 0 Å². The number of fused-ring (bicyclic) bond motifs is 1. The number of hydrogen-bond acceptors (Lipinski definition) is 1. The number of hydrogen-bond donors (Lipinski definition) is 1. The standard InChI is InChI=1S/C12H12Cl2N2S/c13-8-5-10-11(6-9(8)14)16(12(17)15-10)7-3-1-2-4-7/h5-7H,1-4H2,(H,15,17). The van der Waals surface area contributed by atoms with Gasteiger partial charge < -0.3 is 9.55 Å². The quantitative estimate of drug-likeness (QED) is 0.722. The summed E-state index contributed by atoms with van der Waals surface area (Å²) < 4.78 is 2.96. The van der Waals surface area contributed by atoms with E-state index in [1.54, 1.807) is 0 Å². The van der Waals surface area contributed by atoms with Gasteiger partial charge in [-0.3, -0.25) is 0 Å². The Balaban J connectivity index is 2.26. The maximum atomic E-state index is 6.08. The van der Waals surface area contributed by atoms with Gasteiger partial charge >= 0.3 is 0 Å². The number of aromatic nitrogens is 2. The first kappa shape index (κ1) is 11.6. The lowest BCUT2D eigenvalue weighted by Gasteiger charge is -2.12. The molecule has 0 atom stereocenters. The van der Waals surface area contributed by atoms with Crippen LogP contribution in [0, 0.1) is 4.77 Å². The predicted molar refractivity (Wildman–Crippen MR) is 74.6 cm³/mol. The summed E-state index contributed by atoms with van der Waals surface area (Å²) in [4.78, 5) is 3.21. The number of H-pyrrole nitrogens is 1. The summed E-state index contributed by atoms with van der Waals surface area (Å²) >= 11 is 17.5. The van der Waals surface area contributed by atoms with Crippen LogP contribution in [0.1, 0.15) is 31.7 Å². The second kappa shape index (κ2) is 4.30. The van der Waals surface area contributed by atoms with Gasteiger partial charge in [0, 0.05) is 6.04 Å². The largest absolute Gasteiger partial charge is 0.331 e. The predicted octanol–water partition coefficient (Wildman–Crippen LogP) is 5.12. The molecule has 0 bridgehead atoms. The Labute approximate surface area is 115 Å². The fraction of sp³-hybridized carbons (Fsp3) is 0.417. The zero-order valence-electron chi connectivity index (χ0n) is 9.17. The third kappa shape index (κ3) is 1.90. The smallest absolute Gasteiger partial charge is 0.178 e. The van der Waals surface area contributed by atoms with Crippen LogP contribution in [0.3, 0.4) is 0 Å². The lowest BCUT2D eigenvalue weighted by Crippen LogP contribution is -2.04. The summed E-state index contributed by atoms with van der Waals surface area (Å²) in [6.45, 7) is 0. The minimum Gasteiger partial charge on any atom is -0.331 e. The summed E-state index contributed by atoms with van der Waals surface area (Å²) in [5, 5.41) is 1.15. The zero-order valence-corrected chi connectivity index (χ0v) is 11.5. The summed E-state index contributed by atoms with van der Waals surface area (Å²) in [6.07, 6.45) is 4.95. The number of rotatable bonds is 1. The summed E-state index contributed by atoms with van der Waals surface area (Å²) in [6, 6.07) is 4.26. The van der Waals surface area contributed by atoms with Crippen molar-refractivity contribution in [3.05, 3.63) is 26.9 Å². The second-order valence-corrected chi connectivity index (χ2v) is 5.72. The Morgan fingerprint density at radius 2 is 1.82 bits per heavy atom. The SMILES string of the molecule is S=c1[nH]c2cc(Cl)c(Cl)cc2n1C1CCCC1. The van der Waals surface area contributed by atoms with Gasteiger partial charge in [0.05, 0.1) is 21.1 Å². The Kier molecular flexibility index (Phi) is 2.93. The van der Waals surface area contributed by atoms with Gasteiger partial charge in [0.15, 0.2) is 4.77 Å². The average molecular weight is 287 g/mol. The van der Waals surface area contributed by atoms with Crippen molar-refractivity contribution in [2.24, 2.45) is 0 Å². The highest BCUT2D eigenvalue weighted by molar-refractivity contribution is 7.71. The van der Waals surface area contributed by atoms with Crippen molar-refractivity contribution in [3.63, 3.8) is 0 Å². The molecule has 1 aromatic carbocycles. The lowest BCUT2D eigenvalue weighted by atomic mass is 10.2. The topological polar surface area (TPSA) is 20.7 Å². The fourth-order valence-corrected chi connectivity index (χ4v) is 3.32. The number of nitrogens with one attached hydrogen (secondary N) is 1. The van der Waals surface area contributed by atoms with Crippen LogP contribution in [0.15, 0.2) is 12.1 Å². The van der Waals surface area contributed by atoms with Crippen LogP contribution in [-0.4, -0.2) is 9.55 Å². The van der Waals surface area contributed by atoms with Crippen molar-refractivity contribution >= 4 is 46.5 Å². The van der Waals surface area contributed by atoms with Gasteiger partial charge in [0.25, 0.3) is 0 Å². The van der Waals surface area contributed by atoms with Crippen LogP contribution in [0.25, 0.3) is 11.0 Å². The molecule has 1 N–H and O–H groups in total. The molecular weight excluding hydrogens is 275 g/mol. The molecule has 1 saturated carbocycles. The Morgan fingerprint density at radius 1 is 1.18 bits per heavy atom. The highest BCUT2D eigenvalue weighted by Gasteiger charge is 2.20. The van der Waals surface area contributed by atoms with E-state index in [-0.39, 0.29) is 0 Å². The first-order chi connectivity index (χ1) is 8.16. The van der Waals surface area contributed by atoms with Crippen molar-refractivity contribution in [2.75, 3.05) is 0 Å². The molecule has 1 heterocycles. The molecule has 0 saturated heterocycles. The zero-order chi connectivity index (χ0) is 12.0. The third-order valence-corrected chi connectivity index (χ3v) is 4.47. The monoisotopic (exact) mass is 286 g/mol. The minimum absolute atomic E-state index is 0.508. The van der Waals surface area contributed by atoms with Crippen LogP contribution in [0.5, 0.6) is 0 Å². The van der Waals surface area contributed by atoms with Crippen LogP contribution >= 0.6 is 35.4 Å². The fourth-order valence-electron chi connectivity index (χ4n) is 2.65. The Bertz CT molecular complexity index is 623. The Morgan fingerprint density at radius 3 is 2.53 bits per heavy atom. The van der Waals surface area contributed by atoms with E-state index in [1.807, 2.05) is 12.1 Å². The van der Waals surface area contributed by atoms with Crippen molar-refractivity contribution in [2.45, 2.75) is 31.7 Å². The maximum absolute atomic E-state index is 6.08. The molecule has 0 spiro atoms. The van der Waals surface area contributed by atoms with Crippen LogP contribution < -0.4 is 0 Å². The number of aromatic amines is 1.